The molecule has 0 heterocycles. The molecule has 0 aromatic heterocycles. The minimum absolute atomic E-state index is 0.108. The minimum Gasteiger partial charge on any atom is -0.497 e. The van der Waals surface area contributed by atoms with Crippen molar-refractivity contribution < 1.29 is 19.1 Å². The Morgan fingerprint density at radius 3 is 1.70 bits per heavy atom. The lowest BCUT2D eigenvalue weighted by atomic mass is 9.67. The van der Waals surface area contributed by atoms with Crippen LogP contribution in [0.5, 0.6) is 5.75 Å². The minimum atomic E-state index is -0.843. The molecule has 0 aliphatic heterocycles. The van der Waals surface area contributed by atoms with Crippen molar-refractivity contribution >= 4 is 11.9 Å². The highest BCUT2D eigenvalue weighted by atomic mass is 16.5. The summed E-state index contributed by atoms with van der Waals surface area (Å²) in [6.07, 6.45) is 0.390. The number of amides is 1. The Hall–Kier alpha value is -4.38. The van der Waals surface area contributed by atoms with Crippen LogP contribution in [-0.2, 0) is 26.2 Å². The van der Waals surface area contributed by atoms with E-state index in [1.54, 1.807) is 7.11 Å². The summed E-state index contributed by atoms with van der Waals surface area (Å²) >= 11 is 0. The van der Waals surface area contributed by atoms with Gasteiger partial charge in [0.2, 0.25) is 5.91 Å². The van der Waals surface area contributed by atoms with Crippen LogP contribution in [0.2, 0.25) is 0 Å². The highest BCUT2D eigenvalue weighted by molar-refractivity contribution is 5.86. The Morgan fingerprint density at radius 1 is 0.730 bits per heavy atom. The normalized spacial score (nSPS) is 11.8. The lowest BCUT2D eigenvalue weighted by Gasteiger charge is -2.36. The molecule has 0 saturated heterocycles. The van der Waals surface area contributed by atoms with Gasteiger partial charge in [0.15, 0.2) is 0 Å². The first-order valence-electron chi connectivity index (χ1n) is 12.2. The van der Waals surface area contributed by atoms with E-state index in [4.69, 9.17) is 9.47 Å². The Kier molecular flexibility index (Phi) is 8.37. The quantitative estimate of drug-likeness (QED) is 0.240. The van der Waals surface area contributed by atoms with Crippen LogP contribution in [0.25, 0.3) is 0 Å². The zero-order valence-electron chi connectivity index (χ0n) is 21.1. The van der Waals surface area contributed by atoms with E-state index in [-0.39, 0.29) is 18.7 Å². The van der Waals surface area contributed by atoms with Crippen LogP contribution in [0.1, 0.15) is 28.7 Å². The zero-order valence-corrected chi connectivity index (χ0v) is 21.1. The summed E-state index contributed by atoms with van der Waals surface area (Å²) in [5.41, 5.74) is 3.07. The number of ether oxygens (including phenoxy) is 2. The van der Waals surface area contributed by atoms with Crippen molar-refractivity contribution in [2.45, 2.75) is 24.3 Å². The average Bonchev–Trinajstić information content (AvgIpc) is 2.96. The van der Waals surface area contributed by atoms with Gasteiger partial charge in [0.25, 0.3) is 0 Å². The van der Waals surface area contributed by atoms with Crippen molar-refractivity contribution in [1.29, 1.82) is 0 Å². The van der Waals surface area contributed by atoms with Crippen LogP contribution >= 0.6 is 0 Å². The van der Waals surface area contributed by atoms with Crippen molar-refractivity contribution in [3.05, 3.63) is 138 Å². The van der Waals surface area contributed by atoms with E-state index < -0.39 is 17.4 Å². The predicted molar refractivity (Wildman–Crippen MR) is 144 cm³/mol. The number of esters is 1. The molecule has 0 radical (unpaired) electrons. The van der Waals surface area contributed by atoms with Crippen LogP contribution < -0.4 is 10.1 Å². The molecule has 1 amide bonds. The van der Waals surface area contributed by atoms with E-state index in [9.17, 15) is 9.59 Å². The zero-order chi connectivity index (χ0) is 26.1. The summed E-state index contributed by atoms with van der Waals surface area (Å²) in [6, 6.07) is 36.6. The standard InChI is InChI=1S/C32H31NO4/c1-36-28-20-12-13-24(21-28)22-29(31(35)37-2)33-30(34)23-32(25-14-6-3-7-15-25,26-16-8-4-9-17-26)27-18-10-5-11-19-27/h3-21,29H,22-23H2,1-2H3,(H,33,34)/t29-/m0/s1. The first-order chi connectivity index (χ1) is 18.1. The van der Waals surface area contributed by atoms with Gasteiger partial charge in [-0.05, 0) is 34.4 Å². The lowest BCUT2D eigenvalue weighted by molar-refractivity contribution is -0.145. The molecule has 0 unspecified atom stereocenters. The lowest BCUT2D eigenvalue weighted by Crippen LogP contribution is -2.46. The van der Waals surface area contributed by atoms with Gasteiger partial charge in [0, 0.05) is 12.8 Å². The second-order valence-corrected chi connectivity index (χ2v) is 8.88. The maximum atomic E-state index is 13.8. The van der Waals surface area contributed by atoms with Gasteiger partial charge in [0.1, 0.15) is 11.8 Å². The van der Waals surface area contributed by atoms with Crippen LogP contribution in [0.4, 0.5) is 0 Å². The van der Waals surface area contributed by atoms with E-state index in [2.05, 4.69) is 5.32 Å². The fraction of sp³-hybridized carbons (Fsp3) is 0.188. The van der Waals surface area contributed by atoms with Gasteiger partial charge in [0.05, 0.1) is 19.6 Å². The SMILES string of the molecule is COC(=O)[C@H](Cc1cccc(OC)c1)NC(=O)CC(c1ccccc1)(c1ccccc1)c1ccccc1. The molecule has 4 rings (SSSR count). The highest BCUT2D eigenvalue weighted by Crippen LogP contribution is 2.42. The van der Waals surface area contributed by atoms with Gasteiger partial charge in [-0.15, -0.1) is 0 Å². The Morgan fingerprint density at radius 2 is 1.24 bits per heavy atom. The number of benzene rings is 4. The van der Waals surface area contributed by atoms with Crippen molar-refractivity contribution in [3.8, 4) is 5.75 Å². The summed E-state index contributed by atoms with van der Waals surface area (Å²) in [5.74, 6) is -0.0700. The number of hydrogen-bond acceptors (Lipinski definition) is 4. The molecule has 0 saturated carbocycles. The summed E-state index contributed by atoms with van der Waals surface area (Å²) in [4.78, 5) is 26.5. The molecule has 0 spiro atoms. The van der Waals surface area contributed by atoms with E-state index in [0.29, 0.717) is 5.75 Å². The summed E-state index contributed by atoms with van der Waals surface area (Å²) < 4.78 is 10.4. The summed E-state index contributed by atoms with van der Waals surface area (Å²) in [7, 11) is 2.92. The molecule has 1 atom stereocenters. The second-order valence-electron chi connectivity index (χ2n) is 8.88. The molecular formula is C32H31NO4. The van der Waals surface area contributed by atoms with Gasteiger partial charge >= 0.3 is 5.97 Å². The maximum Gasteiger partial charge on any atom is 0.328 e. The van der Waals surface area contributed by atoms with Gasteiger partial charge in [-0.3, -0.25) is 4.79 Å². The number of carbonyl (C=O) groups is 2. The Labute approximate surface area is 218 Å². The number of methoxy groups -OCH3 is 2. The molecule has 0 aliphatic carbocycles. The van der Waals surface area contributed by atoms with Crippen LogP contribution in [-0.4, -0.2) is 32.1 Å². The van der Waals surface area contributed by atoms with Gasteiger partial charge < -0.3 is 14.8 Å². The van der Waals surface area contributed by atoms with Crippen molar-refractivity contribution in [1.82, 2.24) is 5.32 Å². The molecule has 188 valence electrons. The van der Waals surface area contributed by atoms with Crippen molar-refractivity contribution in [2.75, 3.05) is 14.2 Å². The largest absolute Gasteiger partial charge is 0.497 e. The van der Waals surface area contributed by atoms with Crippen LogP contribution in [0.15, 0.2) is 115 Å². The fourth-order valence-electron chi connectivity index (χ4n) is 4.83. The first kappa shape index (κ1) is 25.7. The third-order valence-corrected chi connectivity index (χ3v) is 6.62. The monoisotopic (exact) mass is 493 g/mol. The van der Waals surface area contributed by atoms with Crippen LogP contribution in [0, 0.1) is 0 Å². The third kappa shape index (κ3) is 5.89. The van der Waals surface area contributed by atoms with Gasteiger partial charge in [-0.2, -0.15) is 0 Å². The molecule has 0 fully saturated rings. The number of hydrogen-bond donors (Lipinski definition) is 1. The van der Waals surface area contributed by atoms with E-state index in [1.165, 1.54) is 7.11 Å². The van der Waals surface area contributed by atoms with E-state index in [0.717, 1.165) is 22.3 Å². The smallest absolute Gasteiger partial charge is 0.328 e. The Balaban J connectivity index is 1.72. The summed E-state index contributed by atoms with van der Waals surface area (Å²) in [6.45, 7) is 0. The van der Waals surface area contributed by atoms with E-state index >= 15 is 0 Å². The first-order valence-corrected chi connectivity index (χ1v) is 12.2. The fourth-order valence-corrected chi connectivity index (χ4v) is 4.83. The molecule has 0 aliphatic rings. The molecule has 4 aromatic rings. The number of rotatable bonds is 10. The maximum absolute atomic E-state index is 13.8. The van der Waals surface area contributed by atoms with Crippen LogP contribution in [0.3, 0.4) is 0 Å². The van der Waals surface area contributed by atoms with E-state index in [1.807, 2.05) is 115 Å². The van der Waals surface area contributed by atoms with Crippen molar-refractivity contribution in [2.24, 2.45) is 0 Å². The second kappa shape index (κ2) is 12.0. The molecule has 0 bridgehead atoms. The average molecular weight is 494 g/mol. The summed E-state index contributed by atoms with van der Waals surface area (Å²) in [5, 5.41) is 2.96. The highest BCUT2D eigenvalue weighted by Gasteiger charge is 2.39. The molecule has 37 heavy (non-hydrogen) atoms. The molecule has 5 nitrogen and oxygen atoms in total. The predicted octanol–water partition coefficient (Wildman–Crippen LogP) is 5.32. The van der Waals surface area contributed by atoms with Gasteiger partial charge in [-0.1, -0.05) is 103 Å². The Bertz CT molecular complexity index is 1210. The van der Waals surface area contributed by atoms with Crippen molar-refractivity contribution in [3.63, 3.8) is 0 Å². The number of carbonyl (C=O) groups excluding carboxylic acids is 2. The molecule has 4 aromatic carbocycles. The molecule has 1 N–H and O–H groups in total. The van der Waals surface area contributed by atoms with Gasteiger partial charge in [-0.25, -0.2) is 4.79 Å². The molecular weight excluding hydrogens is 462 g/mol. The third-order valence-electron chi connectivity index (χ3n) is 6.62. The number of nitrogens with one attached hydrogen (secondary N) is 1. The molecule has 5 heteroatoms. The topological polar surface area (TPSA) is 64.6 Å².